The van der Waals surface area contributed by atoms with Crippen LogP contribution in [0.2, 0.25) is 0 Å². The van der Waals surface area contributed by atoms with Gasteiger partial charge in [-0.2, -0.15) is 0 Å². The number of rotatable bonds is 9. The van der Waals surface area contributed by atoms with Crippen LogP contribution in [0.15, 0.2) is 47.0 Å². The molecule has 0 aliphatic carbocycles. The number of aryl methyl sites for hydroxylation is 1. The second kappa shape index (κ2) is 9.66. The molecule has 0 bridgehead atoms. The number of hydrogen-bond acceptors (Lipinski definition) is 5. The van der Waals surface area contributed by atoms with E-state index in [0.29, 0.717) is 30.3 Å². The maximum atomic E-state index is 13.7. The zero-order valence-electron chi connectivity index (χ0n) is 15.5. The molecule has 27 heavy (non-hydrogen) atoms. The molecule has 2 aromatic rings. The van der Waals surface area contributed by atoms with E-state index in [2.05, 4.69) is 11.6 Å². The Morgan fingerprint density at radius 1 is 1.33 bits per heavy atom. The van der Waals surface area contributed by atoms with Crippen molar-refractivity contribution in [1.82, 2.24) is 9.88 Å². The van der Waals surface area contributed by atoms with Crippen LogP contribution in [-0.2, 0) is 20.7 Å². The molecule has 1 heterocycles. The summed E-state index contributed by atoms with van der Waals surface area (Å²) in [6.45, 7) is 8.07. The molecule has 1 amide bonds. The standard InChI is InChI=1S/C20H23FN2O4/c1-4-23(12-14(2)3)19(24)13-26-20(25)10-9-18-22-11-17(27-18)15-7-5-6-8-16(15)21/h5-8,11H,2,4,9-10,12-13H2,1,3H3. The van der Waals surface area contributed by atoms with Gasteiger partial charge in [-0.05, 0) is 26.0 Å². The van der Waals surface area contributed by atoms with E-state index < -0.39 is 11.8 Å². The highest BCUT2D eigenvalue weighted by Crippen LogP contribution is 2.23. The number of aromatic nitrogens is 1. The molecule has 0 N–H and O–H groups in total. The molecule has 0 saturated carbocycles. The second-order valence-corrected chi connectivity index (χ2v) is 6.12. The van der Waals surface area contributed by atoms with Gasteiger partial charge in [-0.1, -0.05) is 24.3 Å². The van der Waals surface area contributed by atoms with E-state index in [4.69, 9.17) is 9.15 Å². The third kappa shape index (κ3) is 6.06. The van der Waals surface area contributed by atoms with Crippen molar-refractivity contribution in [3.8, 4) is 11.3 Å². The number of likely N-dealkylation sites (N-methyl/N-ethyl adjacent to an activating group) is 1. The Balaban J connectivity index is 1.82. The monoisotopic (exact) mass is 374 g/mol. The van der Waals surface area contributed by atoms with Gasteiger partial charge in [-0.3, -0.25) is 9.59 Å². The van der Waals surface area contributed by atoms with Crippen molar-refractivity contribution in [2.24, 2.45) is 0 Å². The van der Waals surface area contributed by atoms with Gasteiger partial charge in [-0.15, -0.1) is 0 Å². The number of amides is 1. The summed E-state index contributed by atoms with van der Waals surface area (Å²) in [5.41, 5.74) is 1.16. The van der Waals surface area contributed by atoms with E-state index in [1.54, 1.807) is 23.1 Å². The van der Waals surface area contributed by atoms with E-state index in [1.807, 2.05) is 13.8 Å². The number of hydrogen-bond donors (Lipinski definition) is 0. The van der Waals surface area contributed by atoms with Crippen LogP contribution < -0.4 is 0 Å². The number of nitrogens with zero attached hydrogens (tertiary/aromatic N) is 2. The SMILES string of the molecule is C=C(C)CN(CC)C(=O)COC(=O)CCc1ncc(-c2ccccc2F)o1. The van der Waals surface area contributed by atoms with E-state index >= 15 is 0 Å². The van der Waals surface area contributed by atoms with E-state index in [-0.39, 0.29) is 25.4 Å². The molecule has 0 saturated heterocycles. The Kier molecular flexibility index (Phi) is 7.28. The van der Waals surface area contributed by atoms with Crippen molar-refractivity contribution in [2.75, 3.05) is 19.7 Å². The fourth-order valence-electron chi connectivity index (χ4n) is 2.43. The Morgan fingerprint density at radius 2 is 2.07 bits per heavy atom. The highest BCUT2D eigenvalue weighted by atomic mass is 19.1. The summed E-state index contributed by atoms with van der Waals surface area (Å²) in [6, 6.07) is 6.20. The van der Waals surface area contributed by atoms with Crippen LogP contribution in [0.3, 0.4) is 0 Å². The lowest BCUT2D eigenvalue weighted by atomic mass is 10.2. The Bertz CT molecular complexity index is 816. The molecular weight excluding hydrogens is 351 g/mol. The molecule has 1 aromatic heterocycles. The first kappa shape index (κ1) is 20.4. The fourth-order valence-corrected chi connectivity index (χ4v) is 2.43. The number of halogens is 1. The van der Waals surface area contributed by atoms with Crippen LogP contribution in [0.25, 0.3) is 11.3 Å². The largest absolute Gasteiger partial charge is 0.456 e. The lowest BCUT2D eigenvalue weighted by molar-refractivity contribution is -0.151. The number of benzene rings is 1. The maximum absolute atomic E-state index is 13.7. The summed E-state index contributed by atoms with van der Waals surface area (Å²) in [5, 5.41) is 0. The molecule has 7 heteroatoms. The number of ether oxygens (including phenoxy) is 1. The molecule has 144 valence electrons. The quantitative estimate of drug-likeness (QED) is 0.497. The minimum Gasteiger partial charge on any atom is -0.456 e. The van der Waals surface area contributed by atoms with Crippen LogP contribution in [0.1, 0.15) is 26.2 Å². The Hall–Kier alpha value is -2.96. The third-order valence-electron chi connectivity index (χ3n) is 3.79. The zero-order chi connectivity index (χ0) is 19.8. The van der Waals surface area contributed by atoms with Crippen LogP contribution in [-0.4, -0.2) is 41.5 Å². The number of esters is 1. The molecule has 2 rings (SSSR count). The molecule has 1 aromatic carbocycles. The predicted octanol–water partition coefficient (Wildman–Crippen LogP) is 3.38. The maximum Gasteiger partial charge on any atom is 0.306 e. The number of carbonyl (C=O) groups is 2. The van der Waals surface area contributed by atoms with Crippen molar-refractivity contribution in [3.05, 3.63) is 54.3 Å². The first-order valence-corrected chi connectivity index (χ1v) is 8.68. The fraction of sp³-hybridized carbons (Fsp3) is 0.350. The minimum atomic E-state index is -0.527. The Labute approximate surface area is 157 Å². The summed E-state index contributed by atoms with van der Waals surface area (Å²) < 4.78 is 24.2. The molecule has 0 unspecified atom stereocenters. The van der Waals surface area contributed by atoms with Gasteiger partial charge in [0.2, 0.25) is 0 Å². The predicted molar refractivity (Wildman–Crippen MR) is 98.2 cm³/mol. The molecule has 6 nitrogen and oxygen atoms in total. The molecule has 0 aliphatic rings. The van der Waals surface area contributed by atoms with Gasteiger partial charge in [0.25, 0.3) is 5.91 Å². The lowest BCUT2D eigenvalue weighted by Crippen LogP contribution is -2.35. The topological polar surface area (TPSA) is 72.6 Å². The van der Waals surface area contributed by atoms with Gasteiger partial charge >= 0.3 is 5.97 Å². The van der Waals surface area contributed by atoms with Crippen LogP contribution >= 0.6 is 0 Å². The molecular formula is C20H23FN2O4. The average Bonchev–Trinajstić information content (AvgIpc) is 3.11. The van der Waals surface area contributed by atoms with Crippen LogP contribution in [0.5, 0.6) is 0 Å². The van der Waals surface area contributed by atoms with Crippen LogP contribution in [0, 0.1) is 5.82 Å². The van der Waals surface area contributed by atoms with Gasteiger partial charge in [0, 0.05) is 19.5 Å². The highest BCUT2D eigenvalue weighted by Gasteiger charge is 2.16. The molecule has 0 spiro atoms. The second-order valence-electron chi connectivity index (χ2n) is 6.12. The molecule has 0 radical (unpaired) electrons. The minimum absolute atomic E-state index is 0.0110. The number of carbonyl (C=O) groups excluding carboxylic acids is 2. The summed E-state index contributed by atoms with van der Waals surface area (Å²) in [6.07, 6.45) is 1.63. The van der Waals surface area contributed by atoms with Gasteiger partial charge in [-0.25, -0.2) is 9.37 Å². The molecule has 0 fully saturated rings. The van der Waals surface area contributed by atoms with Gasteiger partial charge in [0.15, 0.2) is 18.3 Å². The van der Waals surface area contributed by atoms with E-state index in [9.17, 15) is 14.0 Å². The smallest absolute Gasteiger partial charge is 0.306 e. The highest BCUT2D eigenvalue weighted by molar-refractivity contribution is 5.80. The van der Waals surface area contributed by atoms with Crippen molar-refractivity contribution in [1.29, 1.82) is 0 Å². The average molecular weight is 374 g/mol. The van der Waals surface area contributed by atoms with Crippen LogP contribution in [0.4, 0.5) is 4.39 Å². The first-order chi connectivity index (χ1) is 12.9. The normalized spacial score (nSPS) is 10.5. The molecule has 0 atom stereocenters. The van der Waals surface area contributed by atoms with Crippen molar-refractivity contribution >= 4 is 11.9 Å². The van der Waals surface area contributed by atoms with Crippen molar-refractivity contribution < 1.29 is 23.1 Å². The summed E-state index contributed by atoms with van der Waals surface area (Å²) in [7, 11) is 0. The van der Waals surface area contributed by atoms with Crippen molar-refractivity contribution in [3.63, 3.8) is 0 Å². The summed E-state index contributed by atoms with van der Waals surface area (Å²) >= 11 is 0. The summed E-state index contributed by atoms with van der Waals surface area (Å²) in [5.74, 6) is -0.612. The third-order valence-corrected chi connectivity index (χ3v) is 3.79. The lowest BCUT2D eigenvalue weighted by Gasteiger charge is -2.20. The van der Waals surface area contributed by atoms with Gasteiger partial charge in [0.05, 0.1) is 18.2 Å². The summed E-state index contributed by atoms with van der Waals surface area (Å²) in [4.78, 5) is 29.5. The first-order valence-electron chi connectivity index (χ1n) is 8.68. The Morgan fingerprint density at radius 3 is 2.74 bits per heavy atom. The van der Waals surface area contributed by atoms with Gasteiger partial charge < -0.3 is 14.1 Å². The zero-order valence-corrected chi connectivity index (χ0v) is 15.5. The van der Waals surface area contributed by atoms with E-state index in [1.165, 1.54) is 12.3 Å². The molecule has 0 aliphatic heterocycles. The van der Waals surface area contributed by atoms with E-state index in [0.717, 1.165) is 5.57 Å². The van der Waals surface area contributed by atoms with Crippen molar-refractivity contribution in [2.45, 2.75) is 26.7 Å². The van der Waals surface area contributed by atoms with Gasteiger partial charge in [0.1, 0.15) is 5.82 Å². The number of oxazole rings is 1.